The van der Waals surface area contributed by atoms with Crippen LogP contribution in [0.3, 0.4) is 0 Å². The molecular formula is C32H48O2Si. The quantitative estimate of drug-likeness (QED) is 0.119. The fraction of sp³-hybridized carbons (Fsp3) is 0.562. The molecule has 2 aromatic rings. The first-order chi connectivity index (χ1) is 17.3. The molecule has 1 aliphatic rings. The molecule has 0 saturated heterocycles. The van der Waals surface area contributed by atoms with E-state index in [0.29, 0.717) is 5.92 Å². The average molecular weight is 493 g/mol. The molecule has 192 valence electrons. The van der Waals surface area contributed by atoms with E-state index >= 15 is 0 Å². The van der Waals surface area contributed by atoms with Crippen LogP contribution in [-0.2, 0) is 8.85 Å². The van der Waals surface area contributed by atoms with Crippen molar-refractivity contribution in [3.63, 3.8) is 0 Å². The Balaban J connectivity index is 1.54. The van der Waals surface area contributed by atoms with E-state index in [-0.39, 0.29) is 0 Å². The molecule has 35 heavy (non-hydrogen) atoms. The van der Waals surface area contributed by atoms with Gasteiger partial charge >= 0.3 is 8.56 Å². The maximum Gasteiger partial charge on any atom is 0.407 e. The number of rotatable bonds is 18. The van der Waals surface area contributed by atoms with Crippen molar-refractivity contribution in [1.82, 2.24) is 0 Å². The van der Waals surface area contributed by atoms with Crippen LogP contribution in [0.5, 0.6) is 0 Å². The second-order valence-corrected chi connectivity index (χ2v) is 13.2. The third-order valence-corrected chi connectivity index (χ3v) is 10.6. The van der Waals surface area contributed by atoms with Crippen LogP contribution < -0.4 is 10.4 Å². The van der Waals surface area contributed by atoms with Crippen molar-refractivity contribution >= 4 is 18.9 Å². The van der Waals surface area contributed by atoms with Crippen molar-refractivity contribution in [2.45, 2.75) is 96.8 Å². The SMILES string of the molecule is CCCCCCCCCCCCCO[Si](OCC1CC=CCC1)(c1ccccc1)c1ccccc1. The van der Waals surface area contributed by atoms with Gasteiger partial charge in [0.15, 0.2) is 0 Å². The molecular weight excluding hydrogens is 444 g/mol. The maximum absolute atomic E-state index is 6.92. The zero-order valence-electron chi connectivity index (χ0n) is 22.1. The molecule has 0 aliphatic heterocycles. The smallest absolute Gasteiger partial charge is 0.388 e. The number of hydrogen-bond acceptors (Lipinski definition) is 2. The van der Waals surface area contributed by atoms with Crippen molar-refractivity contribution < 1.29 is 8.85 Å². The standard InChI is InChI=1S/C32H48O2Si/c1-2-3-4-5-6-7-8-9-10-11-21-28-33-35(31-24-17-13-18-25-31,32-26-19-14-20-27-32)34-29-30-22-15-12-16-23-30/h12-15,17-20,24-27,30H,2-11,16,21-23,28-29H2,1H3. The van der Waals surface area contributed by atoms with Gasteiger partial charge in [-0.05, 0) is 42.0 Å². The van der Waals surface area contributed by atoms with Crippen molar-refractivity contribution in [1.29, 1.82) is 0 Å². The van der Waals surface area contributed by atoms with Crippen LogP contribution in [-0.4, -0.2) is 21.8 Å². The summed E-state index contributed by atoms with van der Waals surface area (Å²) >= 11 is 0. The lowest BCUT2D eigenvalue weighted by Crippen LogP contribution is -2.64. The monoisotopic (exact) mass is 492 g/mol. The summed E-state index contributed by atoms with van der Waals surface area (Å²) in [5.74, 6) is 0.588. The predicted molar refractivity (Wildman–Crippen MR) is 153 cm³/mol. The molecule has 1 aliphatic carbocycles. The van der Waals surface area contributed by atoms with Crippen molar-refractivity contribution in [2.24, 2.45) is 5.92 Å². The van der Waals surface area contributed by atoms with E-state index < -0.39 is 8.56 Å². The van der Waals surface area contributed by atoms with Gasteiger partial charge in [0.05, 0.1) is 0 Å². The van der Waals surface area contributed by atoms with Crippen molar-refractivity contribution in [3.05, 3.63) is 72.8 Å². The van der Waals surface area contributed by atoms with E-state index in [1.807, 2.05) is 0 Å². The minimum Gasteiger partial charge on any atom is -0.388 e. The molecule has 0 saturated carbocycles. The molecule has 2 aromatic carbocycles. The topological polar surface area (TPSA) is 18.5 Å². The summed E-state index contributed by atoms with van der Waals surface area (Å²) in [6, 6.07) is 21.5. The largest absolute Gasteiger partial charge is 0.407 e. The zero-order chi connectivity index (χ0) is 24.4. The third kappa shape index (κ3) is 9.71. The fourth-order valence-electron chi connectivity index (χ4n) is 5.08. The molecule has 1 unspecified atom stereocenters. The van der Waals surface area contributed by atoms with Crippen LogP contribution in [0.4, 0.5) is 0 Å². The minimum atomic E-state index is -2.75. The Kier molecular flexibility index (Phi) is 13.5. The van der Waals surface area contributed by atoms with Gasteiger partial charge in [0, 0.05) is 13.2 Å². The zero-order valence-corrected chi connectivity index (χ0v) is 23.1. The highest BCUT2D eigenvalue weighted by Gasteiger charge is 2.43. The lowest BCUT2D eigenvalue weighted by Gasteiger charge is -2.33. The Morgan fingerprint density at radius 2 is 1.20 bits per heavy atom. The molecule has 0 fully saturated rings. The molecule has 0 N–H and O–H groups in total. The van der Waals surface area contributed by atoms with E-state index in [1.54, 1.807) is 0 Å². The molecule has 0 radical (unpaired) electrons. The van der Waals surface area contributed by atoms with Gasteiger partial charge < -0.3 is 8.85 Å². The van der Waals surface area contributed by atoms with Gasteiger partial charge in [-0.3, -0.25) is 0 Å². The average Bonchev–Trinajstić information content (AvgIpc) is 2.93. The predicted octanol–water partition coefficient (Wildman–Crippen LogP) is 7.94. The van der Waals surface area contributed by atoms with E-state index in [4.69, 9.17) is 8.85 Å². The van der Waals surface area contributed by atoms with Crippen molar-refractivity contribution in [3.8, 4) is 0 Å². The van der Waals surface area contributed by atoms with Gasteiger partial charge in [-0.15, -0.1) is 0 Å². The number of unbranched alkanes of at least 4 members (excludes halogenated alkanes) is 10. The van der Waals surface area contributed by atoms with Crippen LogP contribution in [0, 0.1) is 5.92 Å². The molecule has 0 heterocycles. The summed E-state index contributed by atoms with van der Waals surface area (Å²) in [6.07, 6.45) is 22.9. The van der Waals surface area contributed by atoms with E-state index in [0.717, 1.165) is 26.1 Å². The maximum atomic E-state index is 6.92. The van der Waals surface area contributed by atoms with E-state index in [1.165, 1.54) is 87.4 Å². The molecule has 0 bridgehead atoms. The highest BCUT2D eigenvalue weighted by atomic mass is 28.4. The van der Waals surface area contributed by atoms with E-state index in [2.05, 4.69) is 79.7 Å². The van der Waals surface area contributed by atoms with Gasteiger partial charge in [0.25, 0.3) is 0 Å². The Hall–Kier alpha value is -1.68. The summed E-state index contributed by atoms with van der Waals surface area (Å²) < 4.78 is 13.8. The molecule has 0 amide bonds. The molecule has 1 atom stereocenters. The van der Waals surface area contributed by atoms with Gasteiger partial charge in [-0.2, -0.15) is 0 Å². The Morgan fingerprint density at radius 3 is 1.71 bits per heavy atom. The molecule has 3 heteroatoms. The normalized spacial score (nSPS) is 16.0. The molecule has 0 spiro atoms. The summed E-state index contributed by atoms with van der Waals surface area (Å²) in [5, 5.41) is 2.45. The van der Waals surface area contributed by atoms with Crippen LogP contribution in [0.2, 0.25) is 0 Å². The highest BCUT2D eigenvalue weighted by Crippen LogP contribution is 2.21. The van der Waals surface area contributed by atoms with E-state index in [9.17, 15) is 0 Å². The highest BCUT2D eigenvalue weighted by molar-refractivity contribution is 6.92. The number of hydrogen-bond donors (Lipinski definition) is 0. The number of benzene rings is 2. The summed E-state index contributed by atoms with van der Waals surface area (Å²) in [5.41, 5.74) is 0. The Morgan fingerprint density at radius 1 is 0.657 bits per heavy atom. The third-order valence-electron chi connectivity index (χ3n) is 7.26. The second-order valence-electron chi connectivity index (χ2n) is 10.2. The number of allylic oxidation sites excluding steroid dienone is 2. The second kappa shape index (κ2) is 16.9. The first-order valence-electron chi connectivity index (χ1n) is 14.4. The van der Waals surface area contributed by atoms with Gasteiger partial charge in [-0.25, -0.2) is 0 Å². The molecule has 3 rings (SSSR count). The fourth-order valence-corrected chi connectivity index (χ4v) is 8.33. The van der Waals surface area contributed by atoms with Crippen LogP contribution in [0.1, 0.15) is 96.8 Å². The van der Waals surface area contributed by atoms with Crippen LogP contribution in [0.25, 0.3) is 0 Å². The van der Waals surface area contributed by atoms with Gasteiger partial charge in [-0.1, -0.05) is 144 Å². The first kappa shape index (κ1) is 27.9. The lowest BCUT2D eigenvalue weighted by molar-refractivity contribution is 0.158. The Labute approximate surface area is 216 Å². The summed E-state index contributed by atoms with van der Waals surface area (Å²) in [4.78, 5) is 0. The van der Waals surface area contributed by atoms with Crippen LogP contribution in [0.15, 0.2) is 72.8 Å². The molecule has 2 nitrogen and oxygen atoms in total. The summed E-state index contributed by atoms with van der Waals surface area (Å²) in [6.45, 7) is 3.84. The van der Waals surface area contributed by atoms with Gasteiger partial charge in [0.2, 0.25) is 0 Å². The van der Waals surface area contributed by atoms with Crippen LogP contribution >= 0.6 is 0 Å². The first-order valence-corrected chi connectivity index (χ1v) is 16.2. The minimum absolute atomic E-state index is 0.588. The molecule has 0 aromatic heterocycles. The summed E-state index contributed by atoms with van der Waals surface area (Å²) in [7, 11) is -2.75. The lowest BCUT2D eigenvalue weighted by atomic mass is 9.96. The Bertz CT molecular complexity index is 765. The van der Waals surface area contributed by atoms with Crippen molar-refractivity contribution in [2.75, 3.05) is 13.2 Å². The van der Waals surface area contributed by atoms with Gasteiger partial charge in [0.1, 0.15) is 0 Å².